The van der Waals surface area contributed by atoms with Crippen LogP contribution in [0.3, 0.4) is 0 Å². The molecule has 0 N–H and O–H groups in total. The van der Waals surface area contributed by atoms with E-state index >= 15 is 0 Å². The van der Waals surface area contributed by atoms with Crippen molar-refractivity contribution in [2.45, 2.75) is 34.1 Å². The van der Waals surface area contributed by atoms with E-state index in [9.17, 15) is 0 Å². The minimum Gasteiger partial charge on any atom is -0.345 e. The summed E-state index contributed by atoms with van der Waals surface area (Å²) in [5.41, 5.74) is 0. The van der Waals surface area contributed by atoms with E-state index in [-0.39, 0.29) is 32.7 Å². The molecule has 58 valence electrons. The molecule has 10 heavy (non-hydrogen) atoms. The van der Waals surface area contributed by atoms with Gasteiger partial charge in [-0.1, -0.05) is 6.92 Å². The largest absolute Gasteiger partial charge is 3.00 e. The Hall–Kier alpha value is 1.10. The molecule has 0 rings (SSSR count). The molecule has 0 nitrogen and oxygen atoms in total. The Bertz CT molecular complexity index is 37.2. The summed E-state index contributed by atoms with van der Waals surface area (Å²) in [4.78, 5) is 0. The van der Waals surface area contributed by atoms with Crippen molar-refractivity contribution in [2.75, 3.05) is 0 Å². The summed E-state index contributed by atoms with van der Waals surface area (Å²) in [6.07, 6.45) is 0.944. The molecule has 0 aliphatic carbocycles. The molecule has 0 bridgehead atoms. The minimum absolute atomic E-state index is 0. The summed E-state index contributed by atoms with van der Waals surface area (Å²) in [6.45, 7) is 15.6. The second kappa shape index (κ2) is 12.8. The maximum absolute atomic E-state index is 3.69. The maximum Gasteiger partial charge on any atom is 3.00 e. The van der Waals surface area contributed by atoms with Crippen LogP contribution in [0, 0.1) is 25.7 Å². The van der Waals surface area contributed by atoms with Gasteiger partial charge in [0.1, 0.15) is 0 Å². The fourth-order valence-electron chi connectivity index (χ4n) is 0. The van der Waals surface area contributed by atoms with Crippen LogP contribution < -0.4 is 0 Å². The van der Waals surface area contributed by atoms with Gasteiger partial charge in [0.15, 0.2) is 0 Å². The van der Waals surface area contributed by atoms with Crippen LogP contribution in [0.4, 0.5) is 0 Å². The Morgan fingerprint density at radius 1 is 1.30 bits per heavy atom. The van der Waals surface area contributed by atoms with Crippen LogP contribution in [-0.4, -0.2) is 0 Å². The molecule has 1 unspecified atom stereocenters. The molecular weight excluding hydrogens is 197 g/mol. The molecule has 0 amide bonds. The molecule has 0 saturated carbocycles. The van der Waals surface area contributed by atoms with Gasteiger partial charge in [-0.3, -0.25) is 0 Å². The van der Waals surface area contributed by atoms with Crippen molar-refractivity contribution in [1.82, 2.24) is 0 Å². The normalized spacial score (nSPS) is 11.1. The molecule has 0 saturated heterocycles. The van der Waals surface area contributed by atoms with Gasteiger partial charge in [-0.05, 0) is 0 Å². The van der Waals surface area contributed by atoms with E-state index in [1.165, 1.54) is 5.92 Å². The fourth-order valence-corrected chi connectivity index (χ4v) is 0. The molecule has 0 aromatic heterocycles. The molecule has 0 fully saturated rings. The first-order valence-corrected chi connectivity index (χ1v) is 3.39. The standard InChI is InChI=1S/C5H10.C4H9.Y/c1-4-5(2)3;1-4(2)3;/h5H,1-2,4H2,3H3;1-3H3;/q-2;-1;+3. The van der Waals surface area contributed by atoms with Crippen molar-refractivity contribution in [3.63, 3.8) is 0 Å². The van der Waals surface area contributed by atoms with Crippen molar-refractivity contribution in [3.05, 3.63) is 19.8 Å². The summed E-state index contributed by atoms with van der Waals surface area (Å²) in [5, 5.41) is 0. The van der Waals surface area contributed by atoms with Crippen LogP contribution in [0.15, 0.2) is 0 Å². The van der Waals surface area contributed by atoms with Crippen LogP contribution in [0.25, 0.3) is 0 Å². The van der Waals surface area contributed by atoms with E-state index in [1.54, 1.807) is 0 Å². The predicted octanol–water partition coefficient (Wildman–Crippen LogP) is 3.30. The van der Waals surface area contributed by atoms with Crippen LogP contribution in [0.1, 0.15) is 34.1 Å². The van der Waals surface area contributed by atoms with Crippen LogP contribution >= 0.6 is 0 Å². The van der Waals surface area contributed by atoms with Gasteiger partial charge < -0.3 is 19.8 Å². The zero-order chi connectivity index (χ0) is 7.86. The minimum atomic E-state index is 0. The monoisotopic (exact) mass is 216 g/mol. The average molecular weight is 216 g/mol. The first-order chi connectivity index (χ1) is 4.00. The summed E-state index contributed by atoms with van der Waals surface area (Å²) < 4.78 is 0. The van der Waals surface area contributed by atoms with Crippen LogP contribution in [-0.2, 0) is 32.7 Å². The third kappa shape index (κ3) is 62.1. The molecule has 0 aromatic rings. The van der Waals surface area contributed by atoms with Gasteiger partial charge in [0.2, 0.25) is 0 Å². The van der Waals surface area contributed by atoms with Crippen molar-refractivity contribution >= 4 is 0 Å². The van der Waals surface area contributed by atoms with Gasteiger partial charge in [0, 0.05) is 0 Å². The van der Waals surface area contributed by atoms with Gasteiger partial charge >= 0.3 is 32.7 Å². The van der Waals surface area contributed by atoms with Gasteiger partial charge in [-0.25, -0.2) is 12.3 Å². The van der Waals surface area contributed by atoms with Crippen molar-refractivity contribution < 1.29 is 32.7 Å². The molecule has 0 radical (unpaired) electrons. The second-order valence-corrected chi connectivity index (χ2v) is 2.89. The van der Waals surface area contributed by atoms with E-state index in [4.69, 9.17) is 0 Å². The summed E-state index contributed by atoms with van der Waals surface area (Å²) in [6, 6.07) is 0. The fraction of sp³-hybridized carbons (Fsp3) is 0.667. The first kappa shape index (κ1) is 17.3. The van der Waals surface area contributed by atoms with E-state index in [2.05, 4.69) is 34.6 Å². The van der Waals surface area contributed by atoms with Gasteiger partial charge in [-0.15, -0.1) is 0 Å². The quantitative estimate of drug-likeness (QED) is 0.590. The van der Waals surface area contributed by atoms with Gasteiger partial charge in [-0.2, -0.15) is 20.8 Å². The van der Waals surface area contributed by atoms with Crippen molar-refractivity contribution in [2.24, 2.45) is 5.92 Å². The molecule has 0 aromatic carbocycles. The summed E-state index contributed by atoms with van der Waals surface area (Å²) in [5.74, 6) is 1.94. The number of rotatable bonds is 1. The molecular formula is C9H19Y. The molecule has 0 aliphatic rings. The molecule has 0 heterocycles. The predicted molar refractivity (Wildman–Crippen MR) is 44.8 cm³/mol. The smallest absolute Gasteiger partial charge is 0.345 e. The molecule has 0 spiro atoms. The van der Waals surface area contributed by atoms with Gasteiger partial charge in [0.05, 0.1) is 0 Å². The maximum atomic E-state index is 3.69. The van der Waals surface area contributed by atoms with Crippen LogP contribution in [0.2, 0.25) is 0 Å². The Morgan fingerprint density at radius 3 is 1.40 bits per heavy atom. The third-order valence-electron chi connectivity index (χ3n) is 0.493. The third-order valence-corrected chi connectivity index (χ3v) is 0.493. The van der Waals surface area contributed by atoms with E-state index in [0.29, 0.717) is 5.92 Å². The Kier molecular flexibility index (Phi) is 22.0. The topological polar surface area (TPSA) is 0 Å². The second-order valence-electron chi connectivity index (χ2n) is 2.89. The summed E-state index contributed by atoms with van der Waals surface area (Å²) in [7, 11) is 0. The van der Waals surface area contributed by atoms with E-state index in [0.717, 1.165) is 6.42 Å². The first-order valence-electron chi connectivity index (χ1n) is 3.39. The SMILES string of the molecule is C[C-](C)C.[CH2-]CC([CH2-])C.[Y+3]. The Labute approximate surface area is 92.0 Å². The number of hydrogen-bond donors (Lipinski definition) is 0. The zero-order valence-electron chi connectivity index (χ0n) is 7.78. The molecule has 1 heteroatoms. The zero-order valence-corrected chi connectivity index (χ0v) is 10.6. The Balaban J connectivity index is -0.0000000910. The van der Waals surface area contributed by atoms with E-state index < -0.39 is 0 Å². The summed E-state index contributed by atoms with van der Waals surface area (Å²) >= 11 is 0. The Morgan fingerprint density at radius 2 is 1.40 bits per heavy atom. The van der Waals surface area contributed by atoms with Gasteiger partial charge in [0.25, 0.3) is 0 Å². The average Bonchev–Trinajstić information content (AvgIpc) is 1.65. The van der Waals surface area contributed by atoms with Crippen molar-refractivity contribution in [1.29, 1.82) is 0 Å². The number of hydrogen-bond acceptors (Lipinski definition) is 0. The molecule has 0 aliphatic heterocycles. The molecule has 1 atom stereocenters. The van der Waals surface area contributed by atoms with Crippen molar-refractivity contribution in [3.8, 4) is 0 Å². The van der Waals surface area contributed by atoms with E-state index in [1.807, 2.05) is 6.92 Å². The van der Waals surface area contributed by atoms with Crippen LogP contribution in [0.5, 0.6) is 0 Å².